The molecule has 9 aromatic carbocycles. The van der Waals surface area contributed by atoms with Gasteiger partial charge in [-0.15, -0.1) is 0 Å². The minimum absolute atomic E-state index is 0.141. The van der Waals surface area contributed by atoms with Gasteiger partial charge in [0.15, 0.2) is 0 Å². The Bertz CT molecular complexity index is 3950. The van der Waals surface area contributed by atoms with Crippen LogP contribution >= 0.6 is 0 Å². The lowest BCUT2D eigenvalue weighted by Crippen LogP contribution is -2.19. The molecule has 0 fully saturated rings. The van der Waals surface area contributed by atoms with Crippen molar-refractivity contribution in [3.63, 3.8) is 0 Å². The summed E-state index contributed by atoms with van der Waals surface area (Å²) in [4.78, 5) is 10.8. The summed E-state index contributed by atoms with van der Waals surface area (Å²) in [6, 6.07) is 80.6. The Morgan fingerprint density at radius 3 is 1.50 bits per heavy atom. The Labute approximate surface area is 461 Å². The zero-order valence-corrected chi connectivity index (χ0v) is 46.7. The zero-order valence-electron chi connectivity index (χ0n) is 46.7. The second kappa shape index (κ2) is 20.1. The molecule has 4 nitrogen and oxygen atoms in total. The highest BCUT2D eigenvalue weighted by atomic mass is 16.3. The monoisotopic (exact) mass is 1020 g/mol. The van der Waals surface area contributed by atoms with Crippen LogP contribution in [0.3, 0.4) is 0 Å². The normalized spacial score (nSPS) is 12.3. The minimum atomic E-state index is -0.357. The summed E-state index contributed by atoms with van der Waals surface area (Å²) in [7, 11) is 0. The molecule has 1 N–H and O–H groups in total. The van der Waals surface area contributed by atoms with E-state index in [4.69, 9.17) is 9.97 Å². The van der Waals surface area contributed by atoms with Crippen LogP contribution in [0.1, 0.15) is 103 Å². The molecule has 0 saturated heterocycles. The van der Waals surface area contributed by atoms with Crippen molar-refractivity contribution in [3.8, 4) is 78.6 Å². The third kappa shape index (κ3) is 9.77. The molecule has 0 aliphatic carbocycles. The molecule has 11 aromatic rings. The minimum Gasteiger partial charge on any atom is -0.507 e. The number of hydrogen-bond acceptors (Lipinski definition) is 3. The molecule has 0 bridgehead atoms. The Morgan fingerprint density at radius 2 is 0.885 bits per heavy atom. The lowest BCUT2D eigenvalue weighted by atomic mass is 9.77. The van der Waals surface area contributed by atoms with E-state index in [1.165, 1.54) is 22.3 Å². The van der Waals surface area contributed by atoms with Crippen molar-refractivity contribution in [2.45, 2.75) is 90.9 Å². The van der Waals surface area contributed by atoms with E-state index < -0.39 is 0 Å². The summed E-state index contributed by atoms with van der Waals surface area (Å²) in [5.41, 5.74) is 19.9. The predicted octanol–water partition coefficient (Wildman–Crippen LogP) is 19.4. The van der Waals surface area contributed by atoms with Crippen LogP contribution in [0.25, 0.3) is 83.9 Å². The van der Waals surface area contributed by atoms with Crippen molar-refractivity contribution in [2.75, 3.05) is 0 Å². The number of aromatic nitrogens is 3. The fourth-order valence-corrected chi connectivity index (χ4v) is 11.2. The number of rotatable bonds is 11. The van der Waals surface area contributed by atoms with Gasteiger partial charge in [-0.05, 0) is 127 Å². The molecule has 0 aliphatic rings. The van der Waals surface area contributed by atoms with Crippen molar-refractivity contribution in [3.05, 3.63) is 264 Å². The number of fused-ring (bicyclic) bond motifs is 1. The van der Waals surface area contributed by atoms with Gasteiger partial charge in [0.1, 0.15) is 11.6 Å². The standard InChI is InChI=1S/C74H69N3O/c1-71(2,3)60-47-63(69(78)64(48-60)72(4,5)6)70-76-68-61(32-23-33-67(68)77(70)66-39-38-59(46-62(66)51-26-17-12-18-27-51)74(9,10)57-30-21-14-22-31-57)54-42-53(49-24-15-11-16-25-49)43-55(44-54)65-45-52(40-41-75-65)50-34-36-58(37-35-50)73(7,8)56-28-19-13-20-29-56/h11-48,78H,1-10H3. The maximum Gasteiger partial charge on any atom is 0.149 e. The Morgan fingerprint density at radius 1 is 0.359 bits per heavy atom. The summed E-state index contributed by atoms with van der Waals surface area (Å²) in [6.07, 6.45) is 1.93. The van der Waals surface area contributed by atoms with Crippen LogP contribution in [0, 0.1) is 0 Å². The van der Waals surface area contributed by atoms with E-state index in [2.05, 4.69) is 298 Å². The first-order valence-electron chi connectivity index (χ1n) is 27.4. The smallest absolute Gasteiger partial charge is 0.149 e. The highest BCUT2D eigenvalue weighted by molar-refractivity contribution is 5.98. The van der Waals surface area contributed by atoms with E-state index in [1.54, 1.807) is 0 Å². The molecule has 0 saturated carbocycles. The SMILES string of the molecule is CC(C)(C)c1cc(-c2nc3c(-c4cc(-c5ccccc5)cc(-c5cc(-c6ccc(C(C)(C)c7ccccc7)cc6)ccn5)c4)cccc3n2-c2ccc(C(C)(C)c3ccccc3)cc2-c2ccccc2)c(O)c(C(C)(C)C)c1. The number of pyridine rings is 1. The van der Waals surface area contributed by atoms with Gasteiger partial charge in [0.05, 0.1) is 28.0 Å². The van der Waals surface area contributed by atoms with Gasteiger partial charge >= 0.3 is 0 Å². The van der Waals surface area contributed by atoms with E-state index in [0.29, 0.717) is 11.4 Å². The molecule has 78 heavy (non-hydrogen) atoms. The quantitative estimate of drug-likeness (QED) is 0.140. The van der Waals surface area contributed by atoms with Crippen molar-refractivity contribution in [1.82, 2.24) is 14.5 Å². The van der Waals surface area contributed by atoms with Gasteiger partial charge in [0.2, 0.25) is 0 Å². The van der Waals surface area contributed by atoms with Crippen molar-refractivity contribution >= 4 is 11.0 Å². The highest BCUT2D eigenvalue weighted by Gasteiger charge is 2.31. The van der Waals surface area contributed by atoms with E-state index in [-0.39, 0.29) is 27.4 Å². The largest absolute Gasteiger partial charge is 0.507 e. The molecular weight excluding hydrogens is 947 g/mol. The average molecular weight is 1020 g/mol. The van der Waals surface area contributed by atoms with Crippen LogP contribution in [-0.2, 0) is 21.7 Å². The summed E-state index contributed by atoms with van der Waals surface area (Å²) in [6.45, 7) is 22.4. The van der Waals surface area contributed by atoms with E-state index in [9.17, 15) is 5.11 Å². The molecule has 4 heteroatoms. The summed E-state index contributed by atoms with van der Waals surface area (Å²) < 4.78 is 2.30. The van der Waals surface area contributed by atoms with E-state index >= 15 is 0 Å². The number of aromatic hydroxyl groups is 1. The summed E-state index contributed by atoms with van der Waals surface area (Å²) in [5, 5.41) is 12.8. The number of imidazole rings is 1. The molecule has 0 spiro atoms. The first kappa shape index (κ1) is 51.5. The number of para-hydroxylation sites is 1. The van der Waals surface area contributed by atoms with E-state index in [1.807, 2.05) is 6.20 Å². The summed E-state index contributed by atoms with van der Waals surface area (Å²) in [5.74, 6) is 0.913. The highest BCUT2D eigenvalue weighted by Crippen LogP contribution is 2.47. The van der Waals surface area contributed by atoms with Gasteiger partial charge in [-0.1, -0.05) is 239 Å². The second-order valence-corrected chi connectivity index (χ2v) is 24.1. The van der Waals surface area contributed by atoms with Gasteiger partial charge < -0.3 is 5.11 Å². The Kier molecular flexibility index (Phi) is 13.3. The molecule has 0 amide bonds. The topological polar surface area (TPSA) is 50.9 Å². The van der Waals surface area contributed by atoms with Gasteiger partial charge in [-0.3, -0.25) is 9.55 Å². The van der Waals surface area contributed by atoms with Crippen LogP contribution in [0.2, 0.25) is 0 Å². The van der Waals surface area contributed by atoms with Crippen LogP contribution in [0.15, 0.2) is 231 Å². The van der Waals surface area contributed by atoms with Crippen LogP contribution in [0.4, 0.5) is 0 Å². The lowest BCUT2D eigenvalue weighted by molar-refractivity contribution is 0.446. The fourth-order valence-electron chi connectivity index (χ4n) is 11.2. The molecular formula is C74H69N3O. The Hall–Kier alpha value is -8.60. The lowest BCUT2D eigenvalue weighted by Gasteiger charge is -2.28. The number of nitrogens with zero attached hydrogens (tertiary/aromatic N) is 3. The maximum atomic E-state index is 12.8. The van der Waals surface area contributed by atoms with E-state index in [0.717, 1.165) is 83.6 Å². The summed E-state index contributed by atoms with van der Waals surface area (Å²) >= 11 is 0. The van der Waals surface area contributed by atoms with Crippen molar-refractivity contribution in [2.24, 2.45) is 0 Å². The first-order valence-corrected chi connectivity index (χ1v) is 27.4. The van der Waals surface area contributed by atoms with Crippen molar-refractivity contribution < 1.29 is 5.11 Å². The maximum absolute atomic E-state index is 12.8. The second-order valence-electron chi connectivity index (χ2n) is 24.1. The predicted molar refractivity (Wildman–Crippen MR) is 328 cm³/mol. The molecule has 0 unspecified atom stereocenters. The molecule has 0 aliphatic heterocycles. The number of hydrogen-bond donors (Lipinski definition) is 1. The number of phenols is 1. The molecule has 0 radical (unpaired) electrons. The van der Waals surface area contributed by atoms with Crippen LogP contribution in [0.5, 0.6) is 5.75 Å². The Balaban J connectivity index is 1.14. The molecule has 11 rings (SSSR count). The first-order chi connectivity index (χ1) is 37.4. The molecule has 386 valence electrons. The molecule has 2 heterocycles. The molecule has 0 atom stereocenters. The fraction of sp³-hybridized carbons (Fsp3) is 0.189. The van der Waals surface area contributed by atoms with Gasteiger partial charge in [-0.25, -0.2) is 4.98 Å². The number of phenolic OH excluding ortho intramolecular Hbond substituents is 1. The van der Waals surface area contributed by atoms with Crippen LogP contribution < -0.4 is 0 Å². The third-order valence-electron chi connectivity index (χ3n) is 16.1. The van der Waals surface area contributed by atoms with Gasteiger partial charge in [-0.2, -0.15) is 0 Å². The average Bonchev–Trinajstić information content (AvgIpc) is 4.10. The number of benzene rings is 9. The van der Waals surface area contributed by atoms with Crippen LogP contribution in [-0.4, -0.2) is 19.6 Å². The van der Waals surface area contributed by atoms with Gasteiger partial charge in [0.25, 0.3) is 0 Å². The third-order valence-corrected chi connectivity index (χ3v) is 16.1. The van der Waals surface area contributed by atoms with Crippen molar-refractivity contribution in [1.29, 1.82) is 0 Å². The molecule has 2 aromatic heterocycles. The zero-order chi connectivity index (χ0) is 54.6. The van der Waals surface area contributed by atoms with Gasteiger partial charge in [0, 0.05) is 39.3 Å².